The highest BCUT2D eigenvalue weighted by atomic mass is 16.4. The third-order valence-corrected chi connectivity index (χ3v) is 5.34. The van der Waals surface area contributed by atoms with Crippen LogP contribution >= 0.6 is 0 Å². The van der Waals surface area contributed by atoms with E-state index in [0.29, 0.717) is 18.5 Å². The standard InChI is InChI=1S/C17H27NO3/c1-5-12-6-7-13(21-12)10-18-15-9-8-14(16(19)20)17(3,4)11(15)2/h6-7,11,14-15,18H,5,8-10H2,1-4H3,(H,19,20). The Morgan fingerprint density at radius 1 is 1.38 bits per heavy atom. The molecule has 3 unspecified atom stereocenters. The second-order valence-corrected chi connectivity index (χ2v) is 6.79. The quantitative estimate of drug-likeness (QED) is 0.872. The number of hydrogen-bond donors (Lipinski definition) is 2. The van der Waals surface area contributed by atoms with Crippen LogP contribution in [-0.4, -0.2) is 17.1 Å². The first-order valence-corrected chi connectivity index (χ1v) is 7.90. The van der Waals surface area contributed by atoms with Crippen LogP contribution in [0.4, 0.5) is 0 Å². The van der Waals surface area contributed by atoms with Gasteiger partial charge in [-0.15, -0.1) is 0 Å². The Kier molecular flexibility index (Phi) is 4.77. The number of carboxylic acids is 1. The minimum Gasteiger partial charge on any atom is -0.481 e. The van der Waals surface area contributed by atoms with Gasteiger partial charge in [0.2, 0.25) is 0 Å². The summed E-state index contributed by atoms with van der Waals surface area (Å²) >= 11 is 0. The largest absolute Gasteiger partial charge is 0.481 e. The second kappa shape index (κ2) is 6.22. The van der Waals surface area contributed by atoms with E-state index in [1.807, 2.05) is 12.1 Å². The highest BCUT2D eigenvalue weighted by molar-refractivity contribution is 5.71. The van der Waals surface area contributed by atoms with Gasteiger partial charge in [0.25, 0.3) is 0 Å². The first kappa shape index (κ1) is 16.1. The van der Waals surface area contributed by atoms with Gasteiger partial charge in [0, 0.05) is 12.5 Å². The van der Waals surface area contributed by atoms with Crippen molar-refractivity contribution in [2.45, 2.75) is 59.5 Å². The molecule has 1 aromatic rings. The molecule has 0 spiro atoms. The van der Waals surface area contributed by atoms with Crippen LogP contribution in [0.2, 0.25) is 0 Å². The zero-order valence-corrected chi connectivity index (χ0v) is 13.5. The van der Waals surface area contributed by atoms with E-state index >= 15 is 0 Å². The Labute approximate surface area is 126 Å². The maximum atomic E-state index is 11.4. The molecule has 4 heteroatoms. The number of furan rings is 1. The average molecular weight is 293 g/mol. The summed E-state index contributed by atoms with van der Waals surface area (Å²) < 4.78 is 5.71. The van der Waals surface area contributed by atoms with E-state index in [2.05, 4.69) is 33.0 Å². The number of carboxylic acid groups (broad SMARTS) is 1. The van der Waals surface area contributed by atoms with Crippen LogP contribution in [0.15, 0.2) is 16.5 Å². The molecule has 3 atom stereocenters. The smallest absolute Gasteiger partial charge is 0.307 e. The second-order valence-electron chi connectivity index (χ2n) is 6.79. The number of aryl methyl sites for hydroxylation is 1. The fraction of sp³-hybridized carbons (Fsp3) is 0.706. The summed E-state index contributed by atoms with van der Waals surface area (Å²) in [5.41, 5.74) is -0.195. The molecule has 1 fully saturated rings. The van der Waals surface area contributed by atoms with Crippen LogP contribution in [0.1, 0.15) is 52.1 Å². The molecule has 4 nitrogen and oxygen atoms in total. The fourth-order valence-corrected chi connectivity index (χ4v) is 3.46. The van der Waals surface area contributed by atoms with E-state index in [4.69, 9.17) is 4.42 Å². The van der Waals surface area contributed by atoms with E-state index in [0.717, 1.165) is 30.8 Å². The summed E-state index contributed by atoms with van der Waals surface area (Å²) in [5.74, 6) is 1.37. The molecule has 0 bridgehead atoms. The Morgan fingerprint density at radius 2 is 2.05 bits per heavy atom. The minimum atomic E-state index is -0.663. The van der Waals surface area contributed by atoms with Crippen molar-refractivity contribution >= 4 is 5.97 Å². The van der Waals surface area contributed by atoms with E-state index in [1.54, 1.807) is 0 Å². The van der Waals surface area contributed by atoms with Crippen LogP contribution in [-0.2, 0) is 17.8 Å². The van der Waals surface area contributed by atoms with E-state index in [9.17, 15) is 9.90 Å². The number of aliphatic carboxylic acids is 1. The Morgan fingerprint density at radius 3 is 2.62 bits per heavy atom. The maximum absolute atomic E-state index is 11.4. The van der Waals surface area contributed by atoms with Crippen LogP contribution in [0.3, 0.4) is 0 Å². The molecule has 1 aliphatic carbocycles. The number of hydrogen-bond acceptors (Lipinski definition) is 3. The SMILES string of the molecule is CCc1ccc(CNC2CCC(C(=O)O)C(C)(C)C2C)o1. The third-order valence-electron chi connectivity index (χ3n) is 5.34. The number of carbonyl (C=O) groups is 1. The third kappa shape index (κ3) is 3.31. The van der Waals surface area contributed by atoms with Crippen LogP contribution in [0, 0.1) is 17.3 Å². The number of rotatable bonds is 5. The molecule has 1 heterocycles. The minimum absolute atomic E-state index is 0.195. The van der Waals surface area contributed by atoms with Crippen LogP contribution in [0.25, 0.3) is 0 Å². The van der Waals surface area contributed by atoms with Gasteiger partial charge >= 0.3 is 5.97 Å². The van der Waals surface area contributed by atoms with E-state index in [-0.39, 0.29) is 11.3 Å². The van der Waals surface area contributed by atoms with Crippen molar-refractivity contribution in [2.75, 3.05) is 0 Å². The normalized spacial score (nSPS) is 28.5. The van der Waals surface area contributed by atoms with Gasteiger partial charge in [-0.3, -0.25) is 4.79 Å². The lowest BCUT2D eigenvalue weighted by Gasteiger charge is -2.46. The molecule has 2 rings (SSSR count). The van der Waals surface area contributed by atoms with Gasteiger partial charge in [0.1, 0.15) is 11.5 Å². The number of nitrogens with one attached hydrogen (secondary N) is 1. The first-order valence-electron chi connectivity index (χ1n) is 7.90. The molecular formula is C17H27NO3. The summed E-state index contributed by atoms with van der Waals surface area (Å²) in [7, 11) is 0. The lowest BCUT2D eigenvalue weighted by Crippen LogP contribution is -2.50. The Hall–Kier alpha value is -1.29. The molecule has 0 saturated heterocycles. The summed E-state index contributed by atoms with van der Waals surface area (Å²) in [5, 5.41) is 12.9. The molecular weight excluding hydrogens is 266 g/mol. The van der Waals surface area contributed by atoms with Gasteiger partial charge in [0.05, 0.1) is 12.5 Å². The van der Waals surface area contributed by atoms with Crippen molar-refractivity contribution in [2.24, 2.45) is 17.3 Å². The molecule has 21 heavy (non-hydrogen) atoms. The van der Waals surface area contributed by atoms with E-state index in [1.165, 1.54) is 0 Å². The molecule has 1 saturated carbocycles. The van der Waals surface area contributed by atoms with Gasteiger partial charge in [0.15, 0.2) is 0 Å². The molecule has 0 aliphatic heterocycles. The van der Waals surface area contributed by atoms with Crippen molar-refractivity contribution in [1.29, 1.82) is 0 Å². The summed E-state index contributed by atoms with van der Waals surface area (Å²) in [6.45, 7) is 9.10. The molecule has 2 N–H and O–H groups in total. The van der Waals surface area contributed by atoms with Gasteiger partial charge in [-0.1, -0.05) is 27.7 Å². The van der Waals surface area contributed by atoms with Crippen LogP contribution < -0.4 is 5.32 Å². The fourth-order valence-electron chi connectivity index (χ4n) is 3.46. The van der Waals surface area contributed by atoms with Gasteiger partial charge in [-0.2, -0.15) is 0 Å². The van der Waals surface area contributed by atoms with Crippen molar-refractivity contribution in [1.82, 2.24) is 5.32 Å². The monoisotopic (exact) mass is 293 g/mol. The average Bonchev–Trinajstić information content (AvgIpc) is 2.88. The predicted octanol–water partition coefficient (Wildman–Crippen LogP) is 3.46. The van der Waals surface area contributed by atoms with Gasteiger partial charge in [-0.25, -0.2) is 0 Å². The van der Waals surface area contributed by atoms with Crippen LogP contribution in [0.5, 0.6) is 0 Å². The van der Waals surface area contributed by atoms with Crippen molar-refractivity contribution < 1.29 is 14.3 Å². The molecule has 0 radical (unpaired) electrons. The Balaban J connectivity index is 1.97. The lowest BCUT2D eigenvalue weighted by molar-refractivity contribution is -0.150. The van der Waals surface area contributed by atoms with Crippen molar-refractivity contribution in [3.63, 3.8) is 0 Å². The van der Waals surface area contributed by atoms with Gasteiger partial charge in [-0.05, 0) is 36.3 Å². The molecule has 1 aromatic heterocycles. The van der Waals surface area contributed by atoms with Crippen molar-refractivity contribution in [3.05, 3.63) is 23.7 Å². The topological polar surface area (TPSA) is 62.5 Å². The summed E-state index contributed by atoms with van der Waals surface area (Å²) in [6.07, 6.45) is 2.55. The van der Waals surface area contributed by atoms with Gasteiger partial charge < -0.3 is 14.8 Å². The highest BCUT2D eigenvalue weighted by Gasteiger charge is 2.46. The first-order chi connectivity index (χ1) is 9.86. The summed E-state index contributed by atoms with van der Waals surface area (Å²) in [6, 6.07) is 4.38. The maximum Gasteiger partial charge on any atom is 0.307 e. The summed E-state index contributed by atoms with van der Waals surface area (Å²) in [4.78, 5) is 11.4. The van der Waals surface area contributed by atoms with E-state index < -0.39 is 5.97 Å². The Bertz CT molecular complexity index is 492. The highest BCUT2D eigenvalue weighted by Crippen LogP contribution is 2.45. The molecule has 1 aliphatic rings. The lowest BCUT2D eigenvalue weighted by atomic mass is 9.61. The zero-order chi connectivity index (χ0) is 15.6. The molecule has 118 valence electrons. The predicted molar refractivity (Wildman–Crippen MR) is 82.0 cm³/mol. The van der Waals surface area contributed by atoms with Crippen molar-refractivity contribution in [3.8, 4) is 0 Å². The molecule has 0 amide bonds. The zero-order valence-electron chi connectivity index (χ0n) is 13.5. The molecule has 0 aromatic carbocycles.